The van der Waals surface area contributed by atoms with E-state index in [4.69, 9.17) is 9.47 Å². The van der Waals surface area contributed by atoms with Crippen molar-refractivity contribution in [3.8, 4) is 23.6 Å². The Morgan fingerprint density at radius 3 is 2.29 bits per heavy atom. The van der Waals surface area contributed by atoms with Crippen LogP contribution in [0.2, 0.25) is 0 Å². The first-order chi connectivity index (χ1) is 17.1. The molecule has 172 valence electrons. The van der Waals surface area contributed by atoms with Crippen molar-refractivity contribution in [2.45, 2.75) is 18.0 Å². The Balaban J connectivity index is 1.78. The van der Waals surface area contributed by atoms with Gasteiger partial charge < -0.3 is 14.4 Å². The average Bonchev–Trinajstić information content (AvgIpc) is 3.23. The zero-order valence-corrected chi connectivity index (χ0v) is 19.4. The summed E-state index contributed by atoms with van der Waals surface area (Å²) in [4.78, 5) is 15.9. The van der Waals surface area contributed by atoms with Gasteiger partial charge in [0.05, 0.1) is 32.4 Å². The normalized spacial score (nSPS) is 21.3. The molecule has 0 bridgehead atoms. The minimum absolute atomic E-state index is 0.146. The first-order valence-electron chi connectivity index (χ1n) is 11.3. The summed E-state index contributed by atoms with van der Waals surface area (Å²) in [5.74, 6) is 0.113. The quantitative estimate of drug-likeness (QED) is 0.491. The van der Waals surface area contributed by atoms with E-state index in [2.05, 4.69) is 12.1 Å². The number of nitrogens with zero attached hydrogens (tertiary/aromatic N) is 3. The number of benzene rings is 3. The van der Waals surface area contributed by atoms with Gasteiger partial charge >= 0.3 is 0 Å². The number of fused-ring (bicyclic) bond motifs is 3. The number of methoxy groups -OCH3 is 2. The maximum Gasteiger partial charge on any atom is 0.185 e. The van der Waals surface area contributed by atoms with E-state index in [0.29, 0.717) is 22.6 Å². The smallest absolute Gasteiger partial charge is 0.185 e. The molecule has 3 atom stereocenters. The van der Waals surface area contributed by atoms with Crippen LogP contribution in [-0.4, -0.2) is 30.9 Å². The van der Waals surface area contributed by atoms with E-state index in [1.54, 1.807) is 31.4 Å². The fraction of sp³-hybridized carbons (Fsp3) is 0.207. The number of hydrogen-bond donors (Lipinski definition) is 0. The highest BCUT2D eigenvalue weighted by Crippen LogP contribution is 2.60. The van der Waals surface area contributed by atoms with Gasteiger partial charge in [-0.1, -0.05) is 60.7 Å². The number of Topliss-reactive ketones (excluding diaryl/α,β-unsaturated/α-hetero) is 1. The number of ketones is 1. The molecule has 0 unspecified atom stereocenters. The molecule has 35 heavy (non-hydrogen) atoms. The van der Waals surface area contributed by atoms with Gasteiger partial charge in [-0.05, 0) is 34.9 Å². The van der Waals surface area contributed by atoms with Gasteiger partial charge in [0.15, 0.2) is 22.7 Å². The van der Waals surface area contributed by atoms with E-state index in [-0.39, 0.29) is 5.78 Å². The SMILES string of the molecule is COc1ccc([C@H]2[C@H](C(=O)c3ccccc3)N3C=Cc4ccccc4[C@H]3C2(C#N)C#N)cc1OC. The van der Waals surface area contributed by atoms with E-state index in [0.717, 1.165) is 11.1 Å². The van der Waals surface area contributed by atoms with Gasteiger partial charge in [-0.2, -0.15) is 10.5 Å². The van der Waals surface area contributed by atoms with E-state index in [1.807, 2.05) is 65.7 Å². The van der Waals surface area contributed by atoms with Crippen molar-refractivity contribution in [1.29, 1.82) is 10.5 Å². The summed E-state index contributed by atoms with van der Waals surface area (Å²) in [7, 11) is 3.08. The third-order valence-corrected chi connectivity index (χ3v) is 7.04. The molecule has 1 fully saturated rings. The van der Waals surface area contributed by atoms with Crippen molar-refractivity contribution < 1.29 is 14.3 Å². The topological polar surface area (TPSA) is 86.4 Å². The van der Waals surface area contributed by atoms with Crippen LogP contribution in [0.1, 0.15) is 39.0 Å². The van der Waals surface area contributed by atoms with Crippen molar-refractivity contribution in [3.63, 3.8) is 0 Å². The minimum Gasteiger partial charge on any atom is -0.493 e. The average molecular weight is 462 g/mol. The highest BCUT2D eigenvalue weighted by Gasteiger charge is 2.63. The maximum absolute atomic E-state index is 14.0. The van der Waals surface area contributed by atoms with Crippen LogP contribution in [0.5, 0.6) is 11.5 Å². The van der Waals surface area contributed by atoms with Crippen molar-refractivity contribution in [1.82, 2.24) is 4.90 Å². The summed E-state index contributed by atoms with van der Waals surface area (Å²) in [6, 6.07) is 25.4. The third-order valence-electron chi connectivity index (χ3n) is 7.04. The van der Waals surface area contributed by atoms with Crippen LogP contribution in [0.25, 0.3) is 6.08 Å². The maximum atomic E-state index is 14.0. The molecule has 0 N–H and O–H groups in total. The van der Waals surface area contributed by atoms with Gasteiger partial charge in [0.25, 0.3) is 0 Å². The molecule has 3 aromatic rings. The summed E-state index contributed by atoms with van der Waals surface area (Å²) in [6.45, 7) is 0. The Bertz CT molecular complexity index is 1390. The van der Waals surface area contributed by atoms with Crippen molar-refractivity contribution >= 4 is 11.9 Å². The first-order valence-corrected chi connectivity index (χ1v) is 11.3. The summed E-state index contributed by atoms with van der Waals surface area (Å²) >= 11 is 0. The van der Waals surface area contributed by atoms with Crippen LogP contribution < -0.4 is 9.47 Å². The number of rotatable bonds is 5. The Morgan fingerprint density at radius 1 is 0.914 bits per heavy atom. The van der Waals surface area contributed by atoms with Crippen molar-refractivity contribution in [3.05, 3.63) is 101 Å². The zero-order chi connectivity index (χ0) is 24.6. The molecule has 0 saturated carbocycles. The fourth-order valence-electron chi connectivity index (χ4n) is 5.49. The van der Waals surface area contributed by atoms with Crippen molar-refractivity contribution in [2.24, 2.45) is 5.41 Å². The highest BCUT2D eigenvalue weighted by atomic mass is 16.5. The standard InChI is InChI=1S/C29H23N3O3/c1-34-23-13-12-21(16-24(23)35-2)25-26(27(33)20-9-4-3-5-10-20)32-15-14-19-8-6-7-11-22(19)28(32)29(25,17-30)18-31/h3-16,25-26,28H,1-2H3/t25-,26+,28-/m0/s1. The van der Waals surface area contributed by atoms with Gasteiger partial charge in [-0.15, -0.1) is 0 Å². The summed E-state index contributed by atoms with van der Waals surface area (Å²) in [5, 5.41) is 21.2. The molecule has 3 aromatic carbocycles. The van der Waals surface area contributed by atoms with E-state index in [1.165, 1.54) is 7.11 Å². The predicted octanol–water partition coefficient (Wildman–Crippen LogP) is 5.11. The van der Waals surface area contributed by atoms with Crippen LogP contribution in [0.15, 0.2) is 79.0 Å². The Morgan fingerprint density at radius 2 is 1.60 bits per heavy atom. The van der Waals surface area contributed by atoms with Gasteiger partial charge in [0.1, 0.15) is 6.04 Å². The van der Waals surface area contributed by atoms with Crippen LogP contribution in [0, 0.1) is 28.1 Å². The second-order valence-corrected chi connectivity index (χ2v) is 8.65. The molecule has 0 aromatic heterocycles. The van der Waals surface area contributed by atoms with E-state index in [9.17, 15) is 15.3 Å². The number of nitriles is 2. The predicted molar refractivity (Wildman–Crippen MR) is 131 cm³/mol. The Kier molecular flexibility index (Phi) is 5.51. The molecule has 6 heteroatoms. The van der Waals surface area contributed by atoms with Crippen molar-refractivity contribution in [2.75, 3.05) is 14.2 Å². The Labute approximate surface area is 204 Å². The molecule has 2 heterocycles. The number of hydrogen-bond acceptors (Lipinski definition) is 6. The van der Waals surface area contributed by atoms with Gasteiger partial charge in [-0.25, -0.2) is 0 Å². The minimum atomic E-state index is -1.53. The third kappa shape index (κ3) is 3.26. The molecule has 2 aliphatic heterocycles. The lowest BCUT2D eigenvalue weighted by molar-refractivity contribution is 0.0874. The monoisotopic (exact) mass is 461 g/mol. The largest absolute Gasteiger partial charge is 0.493 e. The lowest BCUT2D eigenvalue weighted by Crippen LogP contribution is -2.37. The number of carbonyl (C=O) groups excluding carboxylic acids is 1. The van der Waals surface area contributed by atoms with E-state index < -0.39 is 23.4 Å². The van der Waals surface area contributed by atoms with Crippen LogP contribution in [0.3, 0.4) is 0 Å². The molecular weight excluding hydrogens is 438 g/mol. The molecular formula is C29H23N3O3. The second kappa shape index (κ2) is 8.66. The molecule has 6 nitrogen and oxygen atoms in total. The summed E-state index contributed by atoms with van der Waals surface area (Å²) in [5.41, 5.74) is 1.45. The molecule has 0 amide bonds. The molecule has 1 saturated heterocycles. The Hall–Kier alpha value is -4.55. The van der Waals surface area contributed by atoms with E-state index >= 15 is 0 Å². The second-order valence-electron chi connectivity index (χ2n) is 8.65. The number of carbonyl (C=O) groups is 1. The molecule has 0 spiro atoms. The van der Waals surface area contributed by atoms with Gasteiger partial charge in [-0.3, -0.25) is 4.79 Å². The lowest BCUT2D eigenvalue weighted by Gasteiger charge is -2.34. The van der Waals surface area contributed by atoms with Crippen LogP contribution in [0.4, 0.5) is 0 Å². The molecule has 0 radical (unpaired) electrons. The fourth-order valence-corrected chi connectivity index (χ4v) is 5.49. The zero-order valence-electron chi connectivity index (χ0n) is 19.4. The van der Waals surface area contributed by atoms with Crippen LogP contribution >= 0.6 is 0 Å². The lowest BCUT2D eigenvalue weighted by atomic mass is 9.67. The molecule has 2 aliphatic rings. The summed E-state index contributed by atoms with van der Waals surface area (Å²) in [6.07, 6.45) is 3.79. The van der Waals surface area contributed by atoms with Gasteiger partial charge in [0.2, 0.25) is 0 Å². The molecule has 0 aliphatic carbocycles. The van der Waals surface area contributed by atoms with Gasteiger partial charge in [0, 0.05) is 17.7 Å². The van der Waals surface area contributed by atoms with Crippen LogP contribution in [-0.2, 0) is 0 Å². The summed E-state index contributed by atoms with van der Waals surface area (Å²) < 4.78 is 10.9. The number of ether oxygens (including phenoxy) is 2. The molecule has 5 rings (SSSR count). The highest BCUT2D eigenvalue weighted by molar-refractivity contribution is 6.01. The first kappa shape index (κ1) is 22.3.